The minimum absolute atomic E-state index is 1.42. The van der Waals surface area contributed by atoms with Gasteiger partial charge in [0.2, 0.25) is 0 Å². The molecule has 0 radical (unpaired) electrons. The molecule has 0 N–H and O–H groups in total. The molecule has 0 aliphatic carbocycles. The Kier molecular flexibility index (Phi) is 1.34. The quantitative estimate of drug-likeness (QED) is 0.380. The van der Waals surface area contributed by atoms with Crippen molar-refractivity contribution in [3.05, 3.63) is 0 Å². The highest BCUT2D eigenvalue weighted by Crippen LogP contribution is 2.61. The predicted molar refractivity (Wildman–Crippen MR) is 23.7 cm³/mol. The maximum atomic E-state index is 12.0. The molecule has 1 nitrogen and oxygen atoms in total. The van der Waals surface area contributed by atoms with E-state index in [-0.39, 0.29) is 0 Å². The summed E-state index contributed by atoms with van der Waals surface area (Å²) in [5.41, 5.74) is 0. The lowest BCUT2D eigenvalue weighted by molar-refractivity contribution is -0.0684. The molecule has 0 aromatic heterocycles. The molecule has 0 bridgehead atoms. The molecule has 1 saturated heterocycles. The molecule has 0 aromatic carbocycles. The fourth-order valence-electron chi connectivity index (χ4n) is 0.374. The first-order valence-electron chi connectivity index (χ1n) is 2.04. The van der Waals surface area contributed by atoms with Gasteiger partial charge in [0.25, 0.3) is 0 Å². The van der Waals surface area contributed by atoms with Gasteiger partial charge in [0.1, 0.15) is 0 Å². The zero-order valence-corrected chi connectivity index (χ0v) is 5.76. The zero-order chi connectivity index (χ0) is 8.21. The first-order valence-corrected chi connectivity index (χ1v) is 2.84. The van der Waals surface area contributed by atoms with Gasteiger partial charge >= 0.3 is 16.8 Å². The van der Waals surface area contributed by atoms with Crippen molar-refractivity contribution < 1.29 is 26.7 Å². The van der Waals surface area contributed by atoms with Gasteiger partial charge in [-0.3, -0.25) is 4.74 Å². The predicted octanol–water partition coefficient (Wildman–Crippen LogP) is 2.26. The van der Waals surface area contributed by atoms with Gasteiger partial charge in [-0.15, -0.1) is 0 Å². The molecule has 1 aliphatic heterocycles. The Hall–Kier alpha value is 0.0900. The second-order valence-electron chi connectivity index (χ2n) is 1.71. The average Bonchev–Trinajstić information content (AvgIpc) is 2.05. The van der Waals surface area contributed by atoms with Gasteiger partial charge in [0.05, 0.1) is 0 Å². The molecule has 7 heteroatoms. The van der Waals surface area contributed by atoms with Crippen LogP contribution in [-0.2, 0) is 4.74 Å². The molecule has 1 rings (SSSR count). The first kappa shape index (κ1) is 8.19. The lowest BCUT2D eigenvalue weighted by Crippen LogP contribution is -2.30. The summed E-state index contributed by atoms with van der Waals surface area (Å²) >= 11 is 1.42. The van der Waals surface area contributed by atoms with Crippen molar-refractivity contribution in [2.45, 2.75) is 16.8 Å². The van der Waals surface area contributed by atoms with Crippen LogP contribution in [-0.4, -0.2) is 16.8 Å². The smallest absolute Gasteiger partial charge is 0.264 e. The SMILES string of the molecule is FC(F)(Br)C1(F)OC1(F)F. The highest BCUT2D eigenvalue weighted by Gasteiger charge is 2.88. The van der Waals surface area contributed by atoms with Gasteiger partial charge in [-0.05, 0) is 15.9 Å². The number of epoxide rings is 1. The Morgan fingerprint density at radius 1 is 1.20 bits per heavy atom. The summed E-state index contributed by atoms with van der Waals surface area (Å²) in [5.74, 6) is -4.17. The van der Waals surface area contributed by atoms with E-state index in [0.717, 1.165) is 0 Å². The largest absolute Gasteiger partial charge is 0.425 e. The maximum absolute atomic E-state index is 12.0. The molecule has 0 spiro atoms. The van der Waals surface area contributed by atoms with Crippen LogP contribution in [0, 0.1) is 0 Å². The lowest BCUT2D eigenvalue weighted by Gasteiger charge is -2.06. The Morgan fingerprint density at radius 3 is 1.50 bits per heavy atom. The standard InChI is InChI=1S/C3BrF5O/c4-2(6,7)1(5)3(8,9)10-1. The van der Waals surface area contributed by atoms with Crippen molar-refractivity contribution >= 4 is 15.9 Å². The highest BCUT2D eigenvalue weighted by molar-refractivity contribution is 9.10. The molecule has 0 aromatic rings. The van der Waals surface area contributed by atoms with Crippen molar-refractivity contribution in [3.8, 4) is 0 Å². The molecule has 1 aliphatic rings. The van der Waals surface area contributed by atoms with Crippen molar-refractivity contribution in [1.82, 2.24) is 0 Å². The third-order valence-electron chi connectivity index (χ3n) is 0.966. The van der Waals surface area contributed by atoms with E-state index >= 15 is 0 Å². The van der Waals surface area contributed by atoms with E-state index in [9.17, 15) is 22.0 Å². The number of hydrogen-bond donors (Lipinski definition) is 0. The lowest BCUT2D eigenvalue weighted by atomic mass is 10.4. The number of halogens is 6. The van der Waals surface area contributed by atoms with Gasteiger partial charge in [0.15, 0.2) is 0 Å². The number of hydrogen-bond acceptors (Lipinski definition) is 1. The van der Waals surface area contributed by atoms with Crippen LogP contribution in [0.25, 0.3) is 0 Å². The fraction of sp³-hybridized carbons (Fsp3) is 1.00. The Morgan fingerprint density at radius 2 is 1.50 bits per heavy atom. The van der Waals surface area contributed by atoms with E-state index in [4.69, 9.17) is 0 Å². The van der Waals surface area contributed by atoms with Crippen LogP contribution in [0.1, 0.15) is 0 Å². The highest BCUT2D eigenvalue weighted by atomic mass is 79.9. The molecule has 1 heterocycles. The van der Waals surface area contributed by atoms with Gasteiger partial charge in [-0.25, -0.2) is 0 Å². The van der Waals surface area contributed by atoms with Crippen LogP contribution in [0.4, 0.5) is 22.0 Å². The molecule has 10 heavy (non-hydrogen) atoms. The second-order valence-corrected chi connectivity index (χ2v) is 2.71. The third kappa shape index (κ3) is 0.833. The number of alkyl halides is 6. The van der Waals surface area contributed by atoms with Gasteiger partial charge in [0, 0.05) is 0 Å². The van der Waals surface area contributed by atoms with E-state index in [2.05, 4.69) is 4.74 Å². The summed E-state index contributed by atoms with van der Waals surface area (Å²) in [6, 6.07) is 0. The maximum Gasteiger partial charge on any atom is 0.425 e. The Labute approximate surface area is 60.3 Å². The third-order valence-corrected chi connectivity index (χ3v) is 1.48. The second kappa shape index (κ2) is 1.63. The van der Waals surface area contributed by atoms with E-state index < -0.39 is 16.8 Å². The van der Waals surface area contributed by atoms with Crippen molar-refractivity contribution in [1.29, 1.82) is 0 Å². The van der Waals surface area contributed by atoms with Gasteiger partial charge < -0.3 is 0 Å². The molecule has 1 fully saturated rings. The minimum atomic E-state index is -4.38. The van der Waals surface area contributed by atoms with Crippen LogP contribution in [0.5, 0.6) is 0 Å². The monoisotopic (exact) mass is 226 g/mol. The normalized spacial score (nSPS) is 37.8. The summed E-state index contributed by atoms with van der Waals surface area (Å²) in [7, 11) is 0. The van der Waals surface area contributed by atoms with Crippen molar-refractivity contribution in [2.75, 3.05) is 0 Å². The van der Waals surface area contributed by atoms with Crippen LogP contribution in [0.15, 0.2) is 0 Å². The van der Waals surface area contributed by atoms with E-state index in [1.807, 2.05) is 0 Å². The van der Waals surface area contributed by atoms with Crippen LogP contribution >= 0.6 is 15.9 Å². The zero-order valence-electron chi connectivity index (χ0n) is 4.18. The average molecular weight is 227 g/mol. The van der Waals surface area contributed by atoms with Crippen LogP contribution in [0.2, 0.25) is 0 Å². The van der Waals surface area contributed by atoms with E-state index in [1.54, 1.807) is 0 Å². The number of rotatable bonds is 1. The summed E-state index contributed by atoms with van der Waals surface area (Å²) in [6.45, 7) is 0. The summed E-state index contributed by atoms with van der Waals surface area (Å²) in [6.07, 6.45) is -4.38. The van der Waals surface area contributed by atoms with E-state index in [0.29, 0.717) is 0 Å². The van der Waals surface area contributed by atoms with Crippen LogP contribution in [0.3, 0.4) is 0 Å². The topological polar surface area (TPSA) is 12.5 Å². The summed E-state index contributed by atoms with van der Waals surface area (Å²) in [5, 5.41) is 0. The number of ether oxygens (including phenoxy) is 1. The molecule has 0 amide bonds. The van der Waals surface area contributed by atoms with Gasteiger partial charge in [-0.1, -0.05) is 0 Å². The molecular weight excluding hydrogens is 227 g/mol. The molecule has 60 valence electrons. The molecule has 1 unspecified atom stereocenters. The summed E-state index contributed by atoms with van der Waals surface area (Å²) in [4.78, 5) is -4.34. The molecule has 1 atom stereocenters. The first-order chi connectivity index (χ1) is 4.21. The van der Waals surface area contributed by atoms with Crippen LogP contribution < -0.4 is 0 Å². The Bertz CT molecular complexity index is 165. The minimum Gasteiger partial charge on any atom is -0.264 e. The molecule has 0 saturated carbocycles. The Balaban J connectivity index is 2.78. The van der Waals surface area contributed by atoms with Gasteiger partial charge in [-0.2, -0.15) is 22.0 Å². The molecular formula is C3BrF5O. The van der Waals surface area contributed by atoms with E-state index in [1.165, 1.54) is 15.9 Å². The van der Waals surface area contributed by atoms with Crippen molar-refractivity contribution in [2.24, 2.45) is 0 Å². The summed E-state index contributed by atoms with van der Waals surface area (Å²) < 4.78 is 61.5. The van der Waals surface area contributed by atoms with Crippen molar-refractivity contribution in [3.63, 3.8) is 0 Å². The fourth-order valence-corrected chi connectivity index (χ4v) is 0.686.